The molecular formula is C13H24N4. The van der Waals surface area contributed by atoms with Gasteiger partial charge in [-0.05, 0) is 38.1 Å². The second kappa shape index (κ2) is 6.15. The quantitative estimate of drug-likeness (QED) is 0.854. The zero-order valence-corrected chi connectivity index (χ0v) is 11.0. The van der Waals surface area contributed by atoms with Crippen molar-refractivity contribution >= 4 is 0 Å². The number of rotatable bonds is 5. The van der Waals surface area contributed by atoms with Crippen molar-refractivity contribution in [3.8, 4) is 0 Å². The number of aromatic nitrogens is 3. The van der Waals surface area contributed by atoms with Crippen molar-refractivity contribution in [1.29, 1.82) is 0 Å². The molecule has 0 bridgehead atoms. The first-order valence-corrected chi connectivity index (χ1v) is 6.94. The summed E-state index contributed by atoms with van der Waals surface area (Å²) in [4.78, 5) is 0. The first kappa shape index (κ1) is 12.6. The molecule has 0 aromatic carbocycles. The van der Waals surface area contributed by atoms with E-state index in [0.29, 0.717) is 6.04 Å². The van der Waals surface area contributed by atoms with Crippen molar-refractivity contribution in [2.24, 2.45) is 5.92 Å². The highest BCUT2D eigenvalue weighted by molar-refractivity contribution is 4.93. The van der Waals surface area contributed by atoms with Gasteiger partial charge in [-0.1, -0.05) is 25.5 Å². The van der Waals surface area contributed by atoms with Crippen molar-refractivity contribution in [1.82, 2.24) is 20.3 Å². The lowest BCUT2D eigenvalue weighted by Crippen LogP contribution is -2.18. The summed E-state index contributed by atoms with van der Waals surface area (Å²) >= 11 is 0. The predicted octanol–water partition coefficient (Wildman–Crippen LogP) is 2.53. The highest BCUT2D eigenvalue weighted by Crippen LogP contribution is 2.33. The molecule has 4 heteroatoms. The Kier molecular flexibility index (Phi) is 4.54. The highest BCUT2D eigenvalue weighted by Gasteiger charge is 2.21. The monoisotopic (exact) mass is 236 g/mol. The fraction of sp³-hybridized carbons (Fsp3) is 0.846. The Morgan fingerprint density at radius 2 is 2.06 bits per heavy atom. The fourth-order valence-corrected chi connectivity index (χ4v) is 2.64. The van der Waals surface area contributed by atoms with E-state index in [-0.39, 0.29) is 0 Å². The standard InChI is InChI=1S/C13H24N4/c1-3-11-5-7-13(8-6-11)17-10-12(15-16-17)9-14-4-2/h10-11,13-14H,3-9H2,1-2H3. The van der Waals surface area contributed by atoms with Gasteiger partial charge in [-0.25, -0.2) is 4.68 Å². The summed E-state index contributed by atoms with van der Waals surface area (Å²) in [5.74, 6) is 0.941. The third kappa shape index (κ3) is 3.28. The van der Waals surface area contributed by atoms with Gasteiger partial charge in [0.25, 0.3) is 0 Å². The SMILES string of the molecule is CCNCc1cn(C2CCC(CC)CC2)nn1. The Morgan fingerprint density at radius 3 is 2.71 bits per heavy atom. The number of hydrogen-bond acceptors (Lipinski definition) is 3. The van der Waals surface area contributed by atoms with Gasteiger partial charge in [0.15, 0.2) is 0 Å². The second-order valence-corrected chi connectivity index (χ2v) is 5.05. The molecule has 1 fully saturated rings. The zero-order chi connectivity index (χ0) is 12.1. The molecule has 0 amide bonds. The van der Waals surface area contributed by atoms with Crippen LogP contribution in [0.3, 0.4) is 0 Å². The molecule has 1 N–H and O–H groups in total. The van der Waals surface area contributed by atoms with E-state index < -0.39 is 0 Å². The van der Waals surface area contributed by atoms with Gasteiger partial charge in [0.2, 0.25) is 0 Å². The molecule has 96 valence electrons. The van der Waals surface area contributed by atoms with Crippen LogP contribution in [-0.4, -0.2) is 21.5 Å². The van der Waals surface area contributed by atoms with E-state index in [9.17, 15) is 0 Å². The molecule has 0 radical (unpaired) electrons. The van der Waals surface area contributed by atoms with Gasteiger partial charge in [-0.2, -0.15) is 0 Å². The van der Waals surface area contributed by atoms with Crippen LogP contribution in [0.2, 0.25) is 0 Å². The molecule has 1 saturated carbocycles. The normalized spacial score (nSPS) is 25.1. The van der Waals surface area contributed by atoms with Gasteiger partial charge < -0.3 is 5.32 Å². The van der Waals surface area contributed by atoms with Crippen LogP contribution in [0.4, 0.5) is 0 Å². The average Bonchev–Trinajstić information content (AvgIpc) is 2.85. The molecule has 0 spiro atoms. The molecule has 1 heterocycles. The molecule has 17 heavy (non-hydrogen) atoms. The van der Waals surface area contributed by atoms with E-state index in [0.717, 1.165) is 24.7 Å². The molecule has 0 aliphatic heterocycles. The van der Waals surface area contributed by atoms with Gasteiger partial charge in [0.05, 0.1) is 17.9 Å². The maximum atomic E-state index is 4.27. The zero-order valence-electron chi connectivity index (χ0n) is 11.0. The van der Waals surface area contributed by atoms with Crippen molar-refractivity contribution < 1.29 is 0 Å². The molecule has 1 aromatic rings. The Labute approximate surface area is 104 Å². The van der Waals surface area contributed by atoms with E-state index in [1.54, 1.807) is 0 Å². The molecule has 2 rings (SSSR count). The predicted molar refractivity (Wildman–Crippen MR) is 68.7 cm³/mol. The van der Waals surface area contributed by atoms with Crippen molar-refractivity contribution in [2.75, 3.05) is 6.54 Å². The molecule has 1 aliphatic rings. The van der Waals surface area contributed by atoms with Crippen LogP contribution in [0.15, 0.2) is 6.20 Å². The number of nitrogens with one attached hydrogen (secondary N) is 1. The van der Waals surface area contributed by atoms with Crippen molar-refractivity contribution in [2.45, 2.75) is 58.5 Å². The van der Waals surface area contributed by atoms with Gasteiger partial charge in [0, 0.05) is 6.54 Å². The van der Waals surface area contributed by atoms with Crippen LogP contribution in [-0.2, 0) is 6.54 Å². The second-order valence-electron chi connectivity index (χ2n) is 5.05. The van der Waals surface area contributed by atoms with Gasteiger partial charge in [0.1, 0.15) is 0 Å². The molecule has 0 atom stereocenters. The van der Waals surface area contributed by atoms with Crippen LogP contribution in [0, 0.1) is 5.92 Å². The summed E-state index contributed by atoms with van der Waals surface area (Å²) in [5, 5.41) is 11.8. The minimum absolute atomic E-state index is 0.584. The summed E-state index contributed by atoms with van der Waals surface area (Å²) < 4.78 is 2.08. The van der Waals surface area contributed by atoms with Crippen LogP contribution in [0.5, 0.6) is 0 Å². The maximum Gasteiger partial charge on any atom is 0.0964 e. The maximum absolute atomic E-state index is 4.27. The molecule has 0 saturated heterocycles. The van der Waals surface area contributed by atoms with Crippen LogP contribution in [0.25, 0.3) is 0 Å². The lowest BCUT2D eigenvalue weighted by Gasteiger charge is -2.27. The van der Waals surface area contributed by atoms with E-state index in [1.165, 1.54) is 32.1 Å². The minimum Gasteiger partial charge on any atom is -0.311 e. The molecule has 1 aromatic heterocycles. The molecule has 4 nitrogen and oxygen atoms in total. The largest absolute Gasteiger partial charge is 0.311 e. The third-order valence-electron chi connectivity index (χ3n) is 3.88. The van der Waals surface area contributed by atoms with E-state index in [1.807, 2.05) is 0 Å². The molecule has 0 unspecified atom stereocenters. The summed E-state index contributed by atoms with van der Waals surface area (Å²) in [6.45, 7) is 6.22. The lowest BCUT2D eigenvalue weighted by atomic mass is 9.85. The number of hydrogen-bond donors (Lipinski definition) is 1. The van der Waals surface area contributed by atoms with E-state index in [4.69, 9.17) is 0 Å². The highest BCUT2D eigenvalue weighted by atomic mass is 15.4. The number of nitrogens with zero attached hydrogens (tertiary/aromatic N) is 3. The first-order valence-electron chi connectivity index (χ1n) is 6.94. The Balaban J connectivity index is 1.87. The van der Waals surface area contributed by atoms with Crippen LogP contribution in [0.1, 0.15) is 57.7 Å². The van der Waals surface area contributed by atoms with Crippen LogP contribution >= 0.6 is 0 Å². The van der Waals surface area contributed by atoms with Gasteiger partial charge in [-0.15, -0.1) is 5.10 Å². The van der Waals surface area contributed by atoms with Crippen molar-refractivity contribution in [3.05, 3.63) is 11.9 Å². The average molecular weight is 236 g/mol. The van der Waals surface area contributed by atoms with Crippen LogP contribution < -0.4 is 5.32 Å². The Hall–Kier alpha value is -0.900. The molecular weight excluding hydrogens is 212 g/mol. The minimum atomic E-state index is 0.584. The Morgan fingerprint density at radius 1 is 1.29 bits per heavy atom. The van der Waals surface area contributed by atoms with Gasteiger partial charge in [-0.3, -0.25) is 0 Å². The molecule has 1 aliphatic carbocycles. The summed E-state index contributed by atoms with van der Waals surface area (Å²) in [7, 11) is 0. The summed E-state index contributed by atoms with van der Waals surface area (Å²) in [6, 6.07) is 0.584. The van der Waals surface area contributed by atoms with E-state index >= 15 is 0 Å². The summed E-state index contributed by atoms with van der Waals surface area (Å²) in [6.07, 6.45) is 8.67. The van der Waals surface area contributed by atoms with Crippen molar-refractivity contribution in [3.63, 3.8) is 0 Å². The topological polar surface area (TPSA) is 42.7 Å². The third-order valence-corrected chi connectivity index (χ3v) is 3.88. The van der Waals surface area contributed by atoms with E-state index in [2.05, 4.69) is 40.4 Å². The smallest absolute Gasteiger partial charge is 0.0964 e. The summed E-state index contributed by atoms with van der Waals surface area (Å²) in [5.41, 5.74) is 1.06. The van der Waals surface area contributed by atoms with Gasteiger partial charge >= 0.3 is 0 Å². The fourth-order valence-electron chi connectivity index (χ4n) is 2.64. The first-order chi connectivity index (χ1) is 8.33. The lowest BCUT2D eigenvalue weighted by molar-refractivity contribution is 0.253. The Bertz CT molecular complexity index is 326.